The van der Waals surface area contributed by atoms with Crippen LogP contribution >= 0.6 is 12.2 Å². The third-order valence-corrected chi connectivity index (χ3v) is 4.90. The third kappa shape index (κ3) is 4.43. The number of carbonyl (C=O) groups is 2. The summed E-state index contributed by atoms with van der Waals surface area (Å²) in [6, 6.07) is 13.5. The summed E-state index contributed by atoms with van der Waals surface area (Å²) in [6.45, 7) is -0.217. The Bertz CT molecular complexity index is 992. The van der Waals surface area contributed by atoms with E-state index in [1.165, 1.54) is 23.0 Å². The maximum Gasteiger partial charge on any atom is 0.325 e. The number of esters is 1. The van der Waals surface area contributed by atoms with E-state index in [9.17, 15) is 14.0 Å². The van der Waals surface area contributed by atoms with Crippen LogP contribution < -0.4 is 4.74 Å². The van der Waals surface area contributed by atoms with Crippen LogP contribution in [0.1, 0.15) is 11.1 Å². The third-order valence-electron chi connectivity index (χ3n) is 4.41. The second-order valence-electron chi connectivity index (χ2n) is 6.26. The fourth-order valence-electron chi connectivity index (χ4n) is 2.79. The molecule has 1 amide bonds. The van der Waals surface area contributed by atoms with Crippen LogP contribution in [0.3, 0.4) is 0 Å². The van der Waals surface area contributed by atoms with Crippen LogP contribution in [0.2, 0.25) is 0 Å². The molecule has 1 aliphatic rings. The lowest BCUT2D eigenvalue weighted by atomic mass is 10.1. The molecule has 0 N–H and O–H groups in total. The summed E-state index contributed by atoms with van der Waals surface area (Å²) in [7, 11) is 2.89. The molecule has 2 aromatic rings. The molecule has 0 aliphatic carbocycles. The summed E-state index contributed by atoms with van der Waals surface area (Å²) in [5.74, 6) is -0.838. The van der Waals surface area contributed by atoms with Gasteiger partial charge in [0.1, 0.15) is 30.4 Å². The molecule has 150 valence electrons. The van der Waals surface area contributed by atoms with Crippen LogP contribution in [0.15, 0.2) is 54.2 Å². The minimum absolute atomic E-state index is 0.0452. The number of rotatable bonds is 6. The molecule has 0 saturated carbocycles. The second kappa shape index (κ2) is 8.83. The van der Waals surface area contributed by atoms with E-state index in [2.05, 4.69) is 4.74 Å². The molecule has 2 aromatic carbocycles. The average molecular weight is 414 g/mol. The van der Waals surface area contributed by atoms with Crippen LogP contribution in [0.5, 0.6) is 5.75 Å². The number of thiocarbonyl (C=S) groups is 1. The highest BCUT2D eigenvalue weighted by atomic mass is 32.1. The number of ether oxygens (including phenoxy) is 2. The zero-order valence-corrected chi connectivity index (χ0v) is 16.7. The van der Waals surface area contributed by atoms with E-state index < -0.39 is 11.9 Å². The van der Waals surface area contributed by atoms with Crippen molar-refractivity contribution >= 4 is 35.3 Å². The predicted molar refractivity (Wildman–Crippen MR) is 109 cm³/mol. The molecule has 0 atom stereocenters. The molecule has 1 aliphatic heterocycles. The maximum absolute atomic E-state index is 13.8. The Labute approximate surface area is 173 Å². The summed E-state index contributed by atoms with van der Waals surface area (Å²) in [5, 5.41) is 0.205. The normalized spacial score (nSPS) is 15.2. The van der Waals surface area contributed by atoms with Crippen LogP contribution in [0, 0.1) is 5.82 Å². The number of methoxy groups -OCH3 is 1. The minimum atomic E-state index is -0.566. The van der Waals surface area contributed by atoms with E-state index in [1.54, 1.807) is 55.6 Å². The molecule has 6 nitrogen and oxygen atoms in total. The van der Waals surface area contributed by atoms with Gasteiger partial charge in [0.15, 0.2) is 5.11 Å². The number of halogens is 1. The standard InChI is InChI=1S/C21H19FN2O4S/c1-23-17(20(26)24(21(23)29)12-19(25)27-2)11-14-7-4-6-10-18(14)28-13-15-8-3-5-9-16(15)22/h3-11H,12-13H2,1-2H3/b17-11-. The van der Waals surface area contributed by atoms with Crippen LogP contribution in [-0.4, -0.2) is 47.5 Å². The maximum atomic E-state index is 13.8. The number of amides is 1. The van der Waals surface area contributed by atoms with Crippen LogP contribution in [0.25, 0.3) is 6.08 Å². The lowest BCUT2D eigenvalue weighted by Gasteiger charge is -2.14. The van der Waals surface area contributed by atoms with E-state index >= 15 is 0 Å². The van der Waals surface area contributed by atoms with Gasteiger partial charge in [0.05, 0.1) is 7.11 Å². The summed E-state index contributed by atoms with van der Waals surface area (Å²) in [5.41, 5.74) is 1.34. The van der Waals surface area contributed by atoms with Gasteiger partial charge in [-0.1, -0.05) is 36.4 Å². The molecule has 1 saturated heterocycles. The number of nitrogens with zero attached hydrogens (tertiary/aromatic N) is 2. The predicted octanol–water partition coefficient (Wildman–Crippen LogP) is 2.98. The van der Waals surface area contributed by atoms with Crippen LogP contribution in [0.4, 0.5) is 4.39 Å². The van der Waals surface area contributed by atoms with Crippen molar-refractivity contribution in [1.29, 1.82) is 0 Å². The van der Waals surface area contributed by atoms with Crippen molar-refractivity contribution in [3.05, 3.63) is 71.2 Å². The van der Waals surface area contributed by atoms with Gasteiger partial charge in [-0.05, 0) is 30.4 Å². The first kappa shape index (κ1) is 20.5. The first-order chi connectivity index (χ1) is 13.9. The van der Waals surface area contributed by atoms with Gasteiger partial charge in [-0.15, -0.1) is 0 Å². The topological polar surface area (TPSA) is 59.1 Å². The number of hydrogen-bond acceptors (Lipinski definition) is 5. The molecule has 1 fully saturated rings. The van der Waals surface area contributed by atoms with E-state index in [-0.39, 0.29) is 24.1 Å². The first-order valence-corrected chi connectivity index (χ1v) is 9.16. The minimum Gasteiger partial charge on any atom is -0.488 e. The molecule has 0 aromatic heterocycles. The molecule has 29 heavy (non-hydrogen) atoms. The molecule has 0 radical (unpaired) electrons. The first-order valence-electron chi connectivity index (χ1n) is 8.75. The van der Waals surface area contributed by atoms with Gasteiger partial charge in [-0.25, -0.2) is 4.39 Å². The Morgan fingerprint density at radius 3 is 2.59 bits per heavy atom. The quantitative estimate of drug-likeness (QED) is 0.412. The number of para-hydroxylation sites is 1. The summed E-state index contributed by atoms with van der Waals surface area (Å²) in [6.07, 6.45) is 1.63. The van der Waals surface area contributed by atoms with E-state index in [1.807, 2.05) is 0 Å². The largest absolute Gasteiger partial charge is 0.488 e. The van der Waals surface area contributed by atoms with Crippen LogP contribution in [-0.2, 0) is 20.9 Å². The fraction of sp³-hybridized carbons (Fsp3) is 0.190. The van der Waals surface area contributed by atoms with Gasteiger partial charge in [0, 0.05) is 18.2 Å². The molecule has 3 rings (SSSR count). The van der Waals surface area contributed by atoms with Crippen molar-refractivity contribution in [2.75, 3.05) is 20.7 Å². The SMILES string of the molecule is COC(=O)CN1C(=O)/C(=C/c2ccccc2OCc2ccccc2F)N(C)C1=S. The van der Waals surface area contributed by atoms with Crippen molar-refractivity contribution in [3.8, 4) is 5.75 Å². The van der Waals surface area contributed by atoms with E-state index in [0.29, 0.717) is 22.6 Å². The number of carbonyl (C=O) groups excluding carboxylic acids is 2. The van der Waals surface area contributed by atoms with Crippen molar-refractivity contribution in [3.63, 3.8) is 0 Å². The molecule has 8 heteroatoms. The summed E-state index contributed by atoms with van der Waals surface area (Å²) >= 11 is 5.27. The van der Waals surface area contributed by atoms with Gasteiger partial charge in [0.25, 0.3) is 5.91 Å². The lowest BCUT2D eigenvalue weighted by Crippen LogP contribution is -2.36. The smallest absolute Gasteiger partial charge is 0.325 e. The van der Waals surface area contributed by atoms with Crippen molar-refractivity contribution < 1.29 is 23.5 Å². The van der Waals surface area contributed by atoms with E-state index in [4.69, 9.17) is 17.0 Å². The Morgan fingerprint density at radius 2 is 1.86 bits per heavy atom. The Kier molecular flexibility index (Phi) is 6.23. The zero-order chi connectivity index (χ0) is 21.0. The highest BCUT2D eigenvalue weighted by Crippen LogP contribution is 2.27. The van der Waals surface area contributed by atoms with Crippen molar-refractivity contribution in [2.45, 2.75) is 6.61 Å². The highest BCUT2D eigenvalue weighted by molar-refractivity contribution is 7.80. The summed E-state index contributed by atoms with van der Waals surface area (Å²) < 4.78 is 24.2. The Morgan fingerprint density at radius 1 is 1.17 bits per heavy atom. The number of hydrogen-bond donors (Lipinski definition) is 0. The molecule has 0 spiro atoms. The monoisotopic (exact) mass is 414 g/mol. The van der Waals surface area contributed by atoms with Gasteiger partial charge >= 0.3 is 5.97 Å². The fourth-order valence-corrected chi connectivity index (χ4v) is 3.04. The summed E-state index contributed by atoms with van der Waals surface area (Å²) in [4.78, 5) is 27.0. The van der Waals surface area contributed by atoms with Crippen molar-refractivity contribution in [2.24, 2.45) is 0 Å². The molecule has 0 unspecified atom stereocenters. The van der Waals surface area contributed by atoms with E-state index in [0.717, 1.165) is 0 Å². The number of likely N-dealkylation sites (N-methyl/N-ethyl adjacent to an activating group) is 1. The Hall–Kier alpha value is -3.26. The van der Waals surface area contributed by atoms with Crippen molar-refractivity contribution in [1.82, 2.24) is 9.80 Å². The molecule has 0 bridgehead atoms. The zero-order valence-electron chi connectivity index (χ0n) is 15.9. The molecule has 1 heterocycles. The lowest BCUT2D eigenvalue weighted by molar-refractivity contribution is -0.143. The molecular weight excluding hydrogens is 395 g/mol. The molecular formula is C21H19FN2O4S. The Balaban J connectivity index is 1.85. The van der Waals surface area contributed by atoms with Gasteiger partial charge in [0.2, 0.25) is 0 Å². The average Bonchev–Trinajstić information content (AvgIpc) is 2.92. The van der Waals surface area contributed by atoms with Gasteiger partial charge < -0.3 is 14.4 Å². The number of benzene rings is 2. The highest BCUT2D eigenvalue weighted by Gasteiger charge is 2.37. The second-order valence-corrected chi connectivity index (χ2v) is 6.62. The van der Waals surface area contributed by atoms with Gasteiger partial charge in [-0.3, -0.25) is 14.5 Å². The van der Waals surface area contributed by atoms with Gasteiger partial charge in [-0.2, -0.15) is 0 Å².